The number of methoxy groups -OCH3 is 2. The number of hydrogen-bond donors (Lipinski definition) is 2. The normalized spacial score (nSPS) is 18.2. The van der Waals surface area contributed by atoms with Crippen molar-refractivity contribution in [3.05, 3.63) is 89.5 Å². The first-order chi connectivity index (χ1) is 29.5. The molecule has 6 heterocycles. The summed E-state index contributed by atoms with van der Waals surface area (Å²) in [6.07, 6.45) is -3.29. The Balaban J connectivity index is 0.000000187. The van der Waals surface area contributed by atoms with Crippen LogP contribution in [0.2, 0.25) is 0 Å². The van der Waals surface area contributed by atoms with Gasteiger partial charge in [-0.2, -0.15) is 36.3 Å². The van der Waals surface area contributed by atoms with E-state index in [1.54, 1.807) is 28.0 Å². The van der Waals surface area contributed by atoms with Gasteiger partial charge >= 0.3 is 24.4 Å². The Morgan fingerprint density at radius 3 is 1.84 bits per heavy atom. The highest BCUT2D eigenvalue weighted by atomic mass is 32.1. The number of amides is 4. The summed E-state index contributed by atoms with van der Waals surface area (Å²) in [7, 11) is 2.96. The van der Waals surface area contributed by atoms with Gasteiger partial charge < -0.3 is 19.3 Å². The van der Waals surface area contributed by atoms with Gasteiger partial charge in [0.25, 0.3) is 0 Å². The lowest BCUT2D eigenvalue weighted by atomic mass is 9.68. The van der Waals surface area contributed by atoms with Crippen molar-refractivity contribution in [3.8, 4) is 11.8 Å². The van der Waals surface area contributed by atoms with Crippen LogP contribution in [0.25, 0.3) is 26.3 Å². The SMILES string of the molecule is COc1ncnc2sc(NC(=O)N3CC=C(c4cccc(C(F)(F)F)c4)CC3)nc12.COc1ncnc2sc(NC(=O)N3CC[C@@](C)(c4cccc(C(F)(F)F)c4)[C@H](C)C3)nc12. The van der Waals surface area contributed by atoms with Crippen LogP contribution in [0.4, 0.5) is 46.2 Å². The Kier molecular flexibility index (Phi) is 12.5. The molecule has 2 aliphatic heterocycles. The number of aromatic nitrogens is 6. The first-order valence-electron chi connectivity index (χ1n) is 18.9. The van der Waals surface area contributed by atoms with Crippen LogP contribution in [-0.2, 0) is 17.8 Å². The van der Waals surface area contributed by atoms with E-state index in [0.717, 1.165) is 23.8 Å². The molecular formula is C40H38F6N10O4S2. The Labute approximate surface area is 358 Å². The van der Waals surface area contributed by atoms with Gasteiger partial charge in [-0.1, -0.05) is 72.9 Å². The van der Waals surface area contributed by atoms with Crippen LogP contribution in [0.15, 0.2) is 67.3 Å². The van der Waals surface area contributed by atoms with E-state index < -0.39 is 28.9 Å². The third-order valence-corrected chi connectivity index (χ3v) is 12.6. The molecule has 4 aromatic heterocycles. The van der Waals surface area contributed by atoms with E-state index in [4.69, 9.17) is 9.47 Å². The van der Waals surface area contributed by atoms with Crippen LogP contribution in [0.3, 0.4) is 0 Å². The Morgan fingerprint density at radius 1 is 0.774 bits per heavy atom. The van der Waals surface area contributed by atoms with Crippen LogP contribution in [0, 0.1) is 5.92 Å². The molecule has 6 aromatic rings. The third-order valence-electron chi connectivity index (χ3n) is 10.8. The van der Waals surface area contributed by atoms with E-state index in [1.165, 1.54) is 67.7 Å². The Morgan fingerprint density at radius 2 is 1.32 bits per heavy atom. The van der Waals surface area contributed by atoms with Crippen molar-refractivity contribution in [3.63, 3.8) is 0 Å². The molecule has 2 aliphatic rings. The van der Waals surface area contributed by atoms with Gasteiger partial charge in [0.2, 0.25) is 11.8 Å². The van der Waals surface area contributed by atoms with E-state index >= 15 is 0 Å². The van der Waals surface area contributed by atoms with E-state index in [9.17, 15) is 35.9 Å². The van der Waals surface area contributed by atoms with Gasteiger partial charge in [0.15, 0.2) is 31.0 Å². The molecule has 22 heteroatoms. The maximum Gasteiger partial charge on any atom is 0.416 e. The van der Waals surface area contributed by atoms with Crippen molar-refractivity contribution < 1.29 is 45.4 Å². The number of nitrogens with zero attached hydrogens (tertiary/aromatic N) is 8. The zero-order chi connectivity index (χ0) is 44.4. The van der Waals surface area contributed by atoms with E-state index in [0.29, 0.717) is 86.3 Å². The van der Waals surface area contributed by atoms with Gasteiger partial charge in [0, 0.05) is 26.2 Å². The van der Waals surface area contributed by atoms with Crippen molar-refractivity contribution in [1.82, 2.24) is 39.7 Å². The molecule has 0 saturated carbocycles. The summed E-state index contributed by atoms with van der Waals surface area (Å²) in [5.41, 5.74) is 1.05. The Hall–Kier alpha value is -6.16. The number of nitrogens with one attached hydrogen (secondary N) is 2. The molecule has 1 fully saturated rings. The highest BCUT2D eigenvalue weighted by Gasteiger charge is 2.41. The topological polar surface area (TPSA) is 160 Å². The van der Waals surface area contributed by atoms with Crippen LogP contribution < -0.4 is 20.1 Å². The molecule has 0 spiro atoms. The summed E-state index contributed by atoms with van der Waals surface area (Å²) < 4.78 is 88.6. The summed E-state index contributed by atoms with van der Waals surface area (Å²) in [6, 6.07) is 10.0. The minimum Gasteiger partial charge on any atom is -0.479 e. The standard InChI is InChI=1S/C21H22F3N5O2S.C19H16F3N5O2S/c1-12-10-29(8-7-20(12,2)13-5-4-6-14(9-13)21(22,23)24)19(30)28-18-27-15-16(31-3)25-11-26-17(15)32-18;1-29-15-14-16(24-10-23-15)30-17(25-14)26-18(28)27-7-5-11(6-8-27)12-3-2-4-13(9-12)19(20,21)22/h4-6,9,11-12H,7-8,10H2,1-3H3,(H,27,28,30);2-5,9-10H,6-8H2,1H3,(H,25,26,28)/t12-,20-;/m1./s1. The smallest absolute Gasteiger partial charge is 0.416 e. The van der Waals surface area contributed by atoms with E-state index in [2.05, 4.69) is 40.5 Å². The highest BCUT2D eigenvalue weighted by Crippen LogP contribution is 2.42. The number of hydrogen-bond acceptors (Lipinski definition) is 12. The maximum atomic E-state index is 13.2. The van der Waals surface area contributed by atoms with Gasteiger partial charge in [-0.3, -0.25) is 10.6 Å². The predicted octanol–water partition coefficient (Wildman–Crippen LogP) is 9.38. The van der Waals surface area contributed by atoms with Gasteiger partial charge in [-0.15, -0.1) is 0 Å². The number of likely N-dealkylation sites (tertiary alicyclic amines) is 1. The van der Waals surface area contributed by atoms with Gasteiger partial charge in [0.1, 0.15) is 12.7 Å². The van der Waals surface area contributed by atoms with Crippen LogP contribution in [0.5, 0.6) is 11.8 Å². The predicted molar refractivity (Wildman–Crippen MR) is 221 cm³/mol. The number of fused-ring (bicyclic) bond motifs is 2. The fourth-order valence-electron chi connectivity index (χ4n) is 7.13. The lowest BCUT2D eigenvalue weighted by molar-refractivity contribution is -0.138. The summed E-state index contributed by atoms with van der Waals surface area (Å²) >= 11 is 2.41. The molecule has 2 aromatic carbocycles. The van der Waals surface area contributed by atoms with Gasteiger partial charge in [-0.25, -0.2) is 29.5 Å². The number of ether oxygens (including phenoxy) is 2. The molecule has 0 radical (unpaired) electrons. The number of urea groups is 2. The Bertz CT molecular complexity index is 2640. The van der Waals surface area contributed by atoms with Crippen molar-refractivity contribution in [1.29, 1.82) is 0 Å². The number of anilines is 2. The number of rotatable bonds is 6. The second-order valence-electron chi connectivity index (χ2n) is 14.6. The number of thiazole rings is 2. The molecule has 0 bridgehead atoms. The molecule has 2 N–H and O–H groups in total. The molecule has 14 nitrogen and oxygen atoms in total. The van der Waals surface area contributed by atoms with E-state index in [1.807, 2.05) is 13.8 Å². The number of benzene rings is 2. The van der Waals surface area contributed by atoms with Crippen molar-refractivity contribution in [2.75, 3.05) is 51.0 Å². The molecule has 2 atom stereocenters. The zero-order valence-corrected chi connectivity index (χ0v) is 35.1. The van der Waals surface area contributed by atoms with Gasteiger partial charge in [-0.05, 0) is 59.1 Å². The molecule has 326 valence electrons. The molecule has 4 amide bonds. The number of piperidine rings is 1. The second kappa shape index (κ2) is 17.7. The van der Waals surface area contributed by atoms with Crippen LogP contribution in [0.1, 0.15) is 48.9 Å². The summed E-state index contributed by atoms with van der Waals surface area (Å²) in [5, 5.41) is 6.26. The largest absolute Gasteiger partial charge is 0.479 e. The number of carbonyl (C=O) groups excluding carboxylic acids is 2. The fourth-order valence-corrected chi connectivity index (χ4v) is 8.70. The summed E-state index contributed by atoms with van der Waals surface area (Å²) in [4.78, 5) is 54.7. The maximum absolute atomic E-state index is 13.2. The quantitative estimate of drug-likeness (QED) is 0.154. The van der Waals surface area contributed by atoms with Crippen molar-refractivity contribution >= 4 is 71.3 Å². The molecule has 0 unspecified atom stereocenters. The van der Waals surface area contributed by atoms with Crippen LogP contribution >= 0.6 is 22.7 Å². The molecule has 62 heavy (non-hydrogen) atoms. The average Bonchev–Trinajstić information content (AvgIpc) is 3.87. The van der Waals surface area contributed by atoms with Gasteiger partial charge in [0.05, 0.1) is 25.3 Å². The third kappa shape index (κ3) is 9.49. The molecule has 1 saturated heterocycles. The lowest BCUT2D eigenvalue weighted by Gasteiger charge is -2.45. The average molecular weight is 901 g/mol. The first kappa shape index (κ1) is 43.9. The lowest BCUT2D eigenvalue weighted by Crippen LogP contribution is -2.50. The minimum atomic E-state index is -4.39. The number of carbonyl (C=O) groups is 2. The number of halogens is 6. The zero-order valence-electron chi connectivity index (χ0n) is 33.5. The van der Waals surface area contributed by atoms with Crippen LogP contribution in [-0.4, -0.2) is 92.2 Å². The second-order valence-corrected chi connectivity index (χ2v) is 16.5. The first-order valence-corrected chi connectivity index (χ1v) is 20.6. The highest BCUT2D eigenvalue weighted by molar-refractivity contribution is 7.22. The van der Waals surface area contributed by atoms with Crippen molar-refractivity contribution in [2.24, 2.45) is 5.92 Å². The molecular weight excluding hydrogens is 863 g/mol. The molecule has 8 rings (SSSR count). The number of alkyl halides is 6. The van der Waals surface area contributed by atoms with Crippen molar-refractivity contribution in [2.45, 2.75) is 44.5 Å². The summed E-state index contributed by atoms with van der Waals surface area (Å²) in [5.74, 6) is 0.602. The van der Waals surface area contributed by atoms with E-state index in [-0.39, 0.29) is 24.5 Å². The fraction of sp³-hybridized carbons (Fsp3) is 0.350. The molecule has 0 aliphatic carbocycles. The summed E-state index contributed by atoms with van der Waals surface area (Å²) in [6.45, 7) is 5.40. The monoisotopic (exact) mass is 900 g/mol. The minimum absolute atomic E-state index is 0.0492.